The van der Waals surface area contributed by atoms with Gasteiger partial charge in [-0.1, -0.05) is 18.2 Å². The summed E-state index contributed by atoms with van der Waals surface area (Å²) in [5.41, 5.74) is 1.58. The summed E-state index contributed by atoms with van der Waals surface area (Å²) in [4.78, 5) is 21.6. The van der Waals surface area contributed by atoms with E-state index in [9.17, 15) is 23.1 Å². The van der Waals surface area contributed by atoms with Crippen LogP contribution in [0.15, 0.2) is 79.1 Å². The number of nitrogens with one attached hydrogen (secondary N) is 1. The standard InChI is InChI=1S/C25H20F3N3O3/c26-25(27,28)17-7-9-19(10-8-17)34-15-18(32)14-30-24(33)21-12-23(16-4-3-11-29-13-16)31-22-6-2-1-5-20(21)22/h1-13,18,32H,14-15H2,(H,30,33). The molecule has 2 heterocycles. The molecule has 4 rings (SSSR count). The SMILES string of the molecule is O=C(NCC(O)COc1ccc(C(F)(F)F)cc1)c1cc(-c2cccnc2)nc2ccccc12. The Balaban J connectivity index is 1.42. The molecule has 1 unspecified atom stereocenters. The van der Waals surface area contributed by atoms with E-state index in [0.29, 0.717) is 22.2 Å². The lowest BCUT2D eigenvalue weighted by Gasteiger charge is -2.15. The van der Waals surface area contributed by atoms with Gasteiger partial charge in [0.2, 0.25) is 0 Å². The Morgan fingerprint density at radius 2 is 1.82 bits per heavy atom. The summed E-state index contributed by atoms with van der Waals surface area (Å²) in [6.07, 6.45) is -2.21. The number of fused-ring (bicyclic) bond motifs is 1. The predicted molar refractivity (Wildman–Crippen MR) is 120 cm³/mol. The number of rotatable bonds is 7. The van der Waals surface area contributed by atoms with Crippen LogP contribution in [0.3, 0.4) is 0 Å². The molecule has 2 aromatic carbocycles. The third kappa shape index (κ3) is 5.49. The molecule has 0 saturated carbocycles. The Morgan fingerprint density at radius 1 is 1.06 bits per heavy atom. The molecule has 0 aliphatic carbocycles. The number of hydrogen-bond donors (Lipinski definition) is 2. The van der Waals surface area contributed by atoms with Crippen molar-refractivity contribution in [2.75, 3.05) is 13.2 Å². The summed E-state index contributed by atoms with van der Waals surface area (Å²) in [7, 11) is 0. The number of hydrogen-bond acceptors (Lipinski definition) is 5. The summed E-state index contributed by atoms with van der Waals surface area (Å²) in [5, 5.41) is 13.5. The zero-order valence-electron chi connectivity index (χ0n) is 17.8. The van der Waals surface area contributed by atoms with E-state index in [1.165, 1.54) is 12.1 Å². The topological polar surface area (TPSA) is 84.3 Å². The number of para-hydroxylation sites is 1. The van der Waals surface area contributed by atoms with Crippen molar-refractivity contribution >= 4 is 16.8 Å². The van der Waals surface area contributed by atoms with Gasteiger partial charge in [-0.25, -0.2) is 4.98 Å². The molecule has 34 heavy (non-hydrogen) atoms. The highest BCUT2D eigenvalue weighted by atomic mass is 19.4. The van der Waals surface area contributed by atoms with E-state index in [1.807, 2.05) is 12.1 Å². The second-order valence-corrected chi connectivity index (χ2v) is 7.51. The highest BCUT2D eigenvalue weighted by Gasteiger charge is 2.30. The first-order valence-electron chi connectivity index (χ1n) is 10.4. The first kappa shape index (κ1) is 23.2. The smallest absolute Gasteiger partial charge is 0.416 e. The van der Waals surface area contributed by atoms with Gasteiger partial charge in [0, 0.05) is 29.9 Å². The van der Waals surface area contributed by atoms with E-state index in [2.05, 4.69) is 15.3 Å². The van der Waals surface area contributed by atoms with Crippen molar-refractivity contribution in [1.82, 2.24) is 15.3 Å². The Hall–Kier alpha value is -3.98. The molecule has 174 valence electrons. The Labute approximate surface area is 193 Å². The molecule has 1 amide bonds. The molecular formula is C25H20F3N3O3. The van der Waals surface area contributed by atoms with E-state index in [0.717, 1.165) is 17.7 Å². The van der Waals surface area contributed by atoms with Crippen LogP contribution < -0.4 is 10.1 Å². The molecule has 0 saturated heterocycles. The Kier molecular flexibility index (Phi) is 6.74. The molecule has 0 fully saturated rings. The van der Waals surface area contributed by atoms with Crippen molar-refractivity contribution in [3.8, 4) is 17.0 Å². The minimum absolute atomic E-state index is 0.113. The number of ether oxygens (including phenoxy) is 1. The van der Waals surface area contributed by atoms with Crippen molar-refractivity contribution in [2.24, 2.45) is 0 Å². The number of carbonyl (C=O) groups excluding carboxylic acids is 1. The maximum atomic E-state index is 12.9. The quantitative estimate of drug-likeness (QED) is 0.419. The zero-order chi connectivity index (χ0) is 24.1. The van der Waals surface area contributed by atoms with Gasteiger partial charge in [-0.05, 0) is 48.5 Å². The summed E-state index contributed by atoms with van der Waals surface area (Å²) in [6, 6.07) is 16.7. The maximum Gasteiger partial charge on any atom is 0.416 e. The van der Waals surface area contributed by atoms with Crippen molar-refractivity contribution in [1.29, 1.82) is 0 Å². The summed E-state index contributed by atoms with van der Waals surface area (Å²) in [6.45, 7) is -0.317. The molecular weight excluding hydrogens is 447 g/mol. The van der Waals surface area contributed by atoms with Crippen LogP contribution in [0.5, 0.6) is 5.75 Å². The fourth-order valence-corrected chi connectivity index (χ4v) is 3.32. The third-order valence-electron chi connectivity index (χ3n) is 5.04. The number of alkyl halides is 3. The number of aromatic nitrogens is 2. The maximum absolute atomic E-state index is 12.9. The number of aliphatic hydroxyl groups is 1. The molecule has 2 aromatic heterocycles. The van der Waals surface area contributed by atoms with Crippen molar-refractivity contribution < 1.29 is 27.8 Å². The van der Waals surface area contributed by atoms with E-state index < -0.39 is 23.8 Å². The molecule has 6 nitrogen and oxygen atoms in total. The number of aliphatic hydroxyl groups excluding tert-OH is 1. The van der Waals surface area contributed by atoms with Crippen LogP contribution in [-0.2, 0) is 6.18 Å². The van der Waals surface area contributed by atoms with Crippen LogP contribution in [0.2, 0.25) is 0 Å². The van der Waals surface area contributed by atoms with Gasteiger partial charge < -0.3 is 15.2 Å². The number of carbonyl (C=O) groups is 1. The van der Waals surface area contributed by atoms with Crippen LogP contribution in [0.4, 0.5) is 13.2 Å². The molecule has 9 heteroatoms. The Bertz CT molecular complexity index is 1280. The van der Waals surface area contributed by atoms with Gasteiger partial charge in [-0.2, -0.15) is 13.2 Å². The van der Waals surface area contributed by atoms with Crippen LogP contribution in [0.1, 0.15) is 15.9 Å². The van der Waals surface area contributed by atoms with E-state index in [1.54, 1.807) is 42.7 Å². The van der Waals surface area contributed by atoms with Gasteiger partial charge in [-0.15, -0.1) is 0 Å². The highest BCUT2D eigenvalue weighted by Crippen LogP contribution is 2.30. The average Bonchev–Trinajstić information content (AvgIpc) is 2.85. The second-order valence-electron chi connectivity index (χ2n) is 7.51. The number of benzene rings is 2. The first-order chi connectivity index (χ1) is 16.3. The van der Waals surface area contributed by atoms with Crippen molar-refractivity contribution in [2.45, 2.75) is 12.3 Å². The fraction of sp³-hybridized carbons (Fsp3) is 0.160. The number of halogens is 3. The highest BCUT2D eigenvalue weighted by molar-refractivity contribution is 6.07. The van der Waals surface area contributed by atoms with Gasteiger partial charge in [0.15, 0.2) is 0 Å². The minimum Gasteiger partial charge on any atom is -0.491 e. The van der Waals surface area contributed by atoms with Gasteiger partial charge in [0.25, 0.3) is 5.91 Å². The zero-order valence-corrected chi connectivity index (χ0v) is 17.8. The molecule has 0 spiro atoms. The van der Waals surface area contributed by atoms with Gasteiger partial charge >= 0.3 is 6.18 Å². The van der Waals surface area contributed by atoms with Gasteiger partial charge in [0.1, 0.15) is 18.5 Å². The normalized spacial score (nSPS) is 12.4. The van der Waals surface area contributed by atoms with Crippen LogP contribution in [-0.4, -0.2) is 40.2 Å². The predicted octanol–water partition coefficient (Wildman–Crippen LogP) is 4.49. The fourth-order valence-electron chi connectivity index (χ4n) is 3.32. The van der Waals surface area contributed by atoms with E-state index in [4.69, 9.17) is 4.74 Å². The third-order valence-corrected chi connectivity index (χ3v) is 5.04. The van der Waals surface area contributed by atoms with Gasteiger partial charge in [-0.3, -0.25) is 9.78 Å². The molecule has 0 bridgehead atoms. The lowest BCUT2D eigenvalue weighted by Crippen LogP contribution is -2.35. The first-order valence-corrected chi connectivity index (χ1v) is 10.4. The largest absolute Gasteiger partial charge is 0.491 e. The summed E-state index contributed by atoms with van der Waals surface area (Å²) < 4.78 is 43.3. The Morgan fingerprint density at radius 3 is 2.53 bits per heavy atom. The lowest BCUT2D eigenvalue weighted by molar-refractivity contribution is -0.137. The molecule has 2 N–H and O–H groups in total. The van der Waals surface area contributed by atoms with E-state index in [-0.39, 0.29) is 18.9 Å². The molecule has 0 aliphatic heterocycles. The lowest BCUT2D eigenvalue weighted by atomic mass is 10.0. The van der Waals surface area contributed by atoms with Crippen LogP contribution >= 0.6 is 0 Å². The summed E-state index contributed by atoms with van der Waals surface area (Å²) in [5.74, 6) is -0.225. The number of pyridine rings is 2. The number of amides is 1. The van der Waals surface area contributed by atoms with Crippen molar-refractivity contribution in [3.63, 3.8) is 0 Å². The molecule has 0 radical (unpaired) electrons. The number of nitrogens with zero attached hydrogens (tertiary/aromatic N) is 2. The van der Waals surface area contributed by atoms with Crippen LogP contribution in [0, 0.1) is 0 Å². The summed E-state index contributed by atoms with van der Waals surface area (Å²) >= 11 is 0. The van der Waals surface area contributed by atoms with Crippen molar-refractivity contribution in [3.05, 3.63) is 90.3 Å². The van der Waals surface area contributed by atoms with Gasteiger partial charge in [0.05, 0.1) is 22.3 Å². The second kappa shape index (κ2) is 9.88. The monoisotopic (exact) mass is 467 g/mol. The minimum atomic E-state index is -4.43. The molecule has 1 atom stereocenters. The van der Waals surface area contributed by atoms with Crippen LogP contribution in [0.25, 0.3) is 22.2 Å². The molecule has 0 aliphatic rings. The van der Waals surface area contributed by atoms with E-state index >= 15 is 0 Å². The average molecular weight is 467 g/mol. The molecule has 4 aromatic rings.